The lowest BCUT2D eigenvalue weighted by Crippen LogP contribution is -2.26. The van der Waals surface area contributed by atoms with E-state index >= 15 is 0 Å². The van der Waals surface area contributed by atoms with Crippen LogP contribution in [0.25, 0.3) is 0 Å². The smallest absolute Gasteiger partial charge is 0.00667 e. The molecule has 1 N–H and O–H groups in total. The van der Waals surface area contributed by atoms with E-state index in [0.717, 1.165) is 12.0 Å². The van der Waals surface area contributed by atoms with Crippen molar-refractivity contribution in [2.75, 3.05) is 7.05 Å². The lowest BCUT2D eigenvalue weighted by atomic mass is 9.92. The second-order valence-corrected chi connectivity index (χ2v) is 6.28. The van der Waals surface area contributed by atoms with Crippen molar-refractivity contribution in [3.05, 3.63) is 0 Å². The fourth-order valence-corrected chi connectivity index (χ4v) is 3.38. The van der Waals surface area contributed by atoms with Gasteiger partial charge in [0.05, 0.1) is 0 Å². The maximum Gasteiger partial charge on any atom is 0.00667 e. The number of rotatable bonds is 9. The first-order valence-corrected chi connectivity index (χ1v) is 8.54. The fourth-order valence-electron chi connectivity index (χ4n) is 3.38. The van der Waals surface area contributed by atoms with E-state index in [4.69, 9.17) is 0 Å². The van der Waals surface area contributed by atoms with Crippen LogP contribution >= 0.6 is 0 Å². The molecule has 0 spiro atoms. The van der Waals surface area contributed by atoms with Gasteiger partial charge in [-0.15, -0.1) is 0 Å². The Balaban J connectivity index is 1.99. The van der Waals surface area contributed by atoms with Crippen molar-refractivity contribution < 1.29 is 0 Å². The molecule has 1 aliphatic rings. The zero-order valence-electron chi connectivity index (χ0n) is 12.8. The molecule has 1 fully saturated rings. The Bertz CT molecular complexity index is 178. The Morgan fingerprint density at radius 3 is 2.28 bits per heavy atom. The van der Waals surface area contributed by atoms with Gasteiger partial charge in [-0.25, -0.2) is 0 Å². The Morgan fingerprint density at radius 2 is 1.56 bits per heavy atom. The number of unbranched alkanes of at least 4 members (excludes halogenated alkanes) is 6. The van der Waals surface area contributed by atoms with Crippen LogP contribution in [-0.2, 0) is 0 Å². The summed E-state index contributed by atoms with van der Waals surface area (Å²) in [6.07, 6.45) is 18.9. The summed E-state index contributed by atoms with van der Waals surface area (Å²) in [5, 5.41) is 3.50. The van der Waals surface area contributed by atoms with E-state index < -0.39 is 0 Å². The van der Waals surface area contributed by atoms with Gasteiger partial charge in [0, 0.05) is 6.04 Å². The first-order chi connectivity index (χ1) is 8.86. The molecule has 0 aliphatic heterocycles. The summed E-state index contributed by atoms with van der Waals surface area (Å²) in [7, 11) is 2.14. The van der Waals surface area contributed by atoms with Crippen LogP contribution in [0.4, 0.5) is 0 Å². The molecule has 1 heteroatoms. The Kier molecular flexibility index (Phi) is 9.65. The van der Waals surface area contributed by atoms with Crippen molar-refractivity contribution in [3.8, 4) is 0 Å². The minimum absolute atomic E-state index is 0.807. The van der Waals surface area contributed by atoms with Gasteiger partial charge in [-0.2, -0.15) is 0 Å². The van der Waals surface area contributed by atoms with Crippen LogP contribution in [0.3, 0.4) is 0 Å². The van der Waals surface area contributed by atoms with Crippen LogP contribution in [0.15, 0.2) is 0 Å². The summed E-state index contributed by atoms with van der Waals surface area (Å²) in [5.74, 6) is 1.01. The molecule has 2 atom stereocenters. The van der Waals surface area contributed by atoms with Gasteiger partial charge in [-0.3, -0.25) is 0 Å². The Hall–Kier alpha value is -0.0400. The second-order valence-electron chi connectivity index (χ2n) is 6.28. The van der Waals surface area contributed by atoms with Crippen molar-refractivity contribution in [2.24, 2.45) is 5.92 Å². The van der Waals surface area contributed by atoms with E-state index in [0.29, 0.717) is 0 Å². The van der Waals surface area contributed by atoms with Crippen molar-refractivity contribution in [1.29, 1.82) is 0 Å². The van der Waals surface area contributed by atoms with E-state index in [2.05, 4.69) is 19.3 Å². The van der Waals surface area contributed by atoms with E-state index in [1.807, 2.05) is 0 Å². The van der Waals surface area contributed by atoms with Gasteiger partial charge in [0.15, 0.2) is 0 Å². The lowest BCUT2D eigenvalue weighted by molar-refractivity contribution is 0.367. The van der Waals surface area contributed by atoms with E-state index in [-0.39, 0.29) is 0 Å². The van der Waals surface area contributed by atoms with Gasteiger partial charge in [-0.1, -0.05) is 77.6 Å². The van der Waals surface area contributed by atoms with Crippen molar-refractivity contribution in [2.45, 2.75) is 96.4 Å². The zero-order chi connectivity index (χ0) is 13.1. The first-order valence-electron chi connectivity index (χ1n) is 8.54. The van der Waals surface area contributed by atoms with E-state index in [9.17, 15) is 0 Å². The fraction of sp³-hybridized carbons (Fsp3) is 1.00. The van der Waals surface area contributed by atoms with Crippen LogP contribution in [0.1, 0.15) is 90.4 Å². The minimum Gasteiger partial charge on any atom is -0.317 e. The summed E-state index contributed by atoms with van der Waals surface area (Å²) in [5.41, 5.74) is 0. The largest absolute Gasteiger partial charge is 0.317 e. The molecule has 0 heterocycles. The summed E-state index contributed by atoms with van der Waals surface area (Å²) in [6.45, 7) is 2.30. The SMILES string of the molecule is CCCCCCCCCC1CCCCC(NC)C1. The van der Waals surface area contributed by atoms with Crippen LogP contribution in [-0.4, -0.2) is 13.1 Å². The van der Waals surface area contributed by atoms with Gasteiger partial charge in [0.1, 0.15) is 0 Å². The topological polar surface area (TPSA) is 12.0 Å². The molecular formula is C17H35N. The summed E-state index contributed by atoms with van der Waals surface area (Å²) in [6, 6.07) is 0.807. The number of hydrogen-bond acceptors (Lipinski definition) is 1. The molecule has 0 aromatic heterocycles. The lowest BCUT2D eigenvalue weighted by Gasteiger charge is -2.19. The number of nitrogens with one attached hydrogen (secondary N) is 1. The Labute approximate surface area is 115 Å². The molecule has 1 rings (SSSR count). The third-order valence-corrected chi connectivity index (χ3v) is 4.66. The second kappa shape index (κ2) is 10.8. The molecular weight excluding hydrogens is 218 g/mol. The van der Waals surface area contributed by atoms with Gasteiger partial charge in [-0.05, 0) is 25.8 Å². The van der Waals surface area contributed by atoms with E-state index in [1.54, 1.807) is 0 Å². The summed E-state index contributed by atoms with van der Waals surface area (Å²) >= 11 is 0. The first kappa shape index (κ1) is 16.0. The third-order valence-electron chi connectivity index (χ3n) is 4.66. The molecule has 18 heavy (non-hydrogen) atoms. The molecule has 108 valence electrons. The molecule has 2 unspecified atom stereocenters. The summed E-state index contributed by atoms with van der Waals surface area (Å²) in [4.78, 5) is 0. The molecule has 0 aromatic carbocycles. The predicted molar refractivity (Wildman–Crippen MR) is 82.0 cm³/mol. The van der Waals surface area contributed by atoms with Crippen molar-refractivity contribution in [3.63, 3.8) is 0 Å². The highest BCUT2D eigenvalue weighted by atomic mass is 14.9. The highest BCUT2D eigenvalue weighted by Gasteiger charge is 2.18. The molecule has 0 saturated heterocycles. The average molecular weight is 253 g/mol. The molecule has 0 radical (unpaired) electrons. The number of hydrogen-bond donors (Lipinski definition) is 1. The van der Waals surface area contributed by atoms with Gasteiger partial charge >= 0.3 is 0 Å². The monoisotopic (exact) mass is 253 g/mol. The molecule has 0 aromatic rings. The minimum atomic E-state index is 0.807. The molecule has 1 aliphatic carbocycles. The molecule has 1 nitrogen and oxygen atoms in total. The summed E-state index contributed by atoms with van der Waals surface area (Å²) < 4.78 is 0. The van der Waals surface area contributed by atoms with Gasteiger partial charge < -0.3 is 5.32 Å². The van der Waals surface area contributed by atoms with Gasteiger partial charge in [0.25, 0.3) is 0 Å². The van der Waals surface area contributed by atoms with Crippen LogP contribution in [0, 0.1) is 5.92 Å². The van der Waals surface area contributed by atoms with Crippen molar-refractivity contribution in [1.82, 2.24) is 5.32 Å². The highest BCUT2D eigenvalue weighted by Crippen LogP contribution is 2.27. The van der Waals surface area contributed by atoms with Crippen LogP contribution < -0.4 is 5.32 Å². The molecule has 0 bridgehead atoms. The van der Waals surface area contributed by atoms with Crippen LogP contribution in [0.2, 0.25) is 0 Å². The van der Waals surface area contributed by atoms with Gasteiger partial charge in [0.2, 0.25) is 0 Å². The maximum atomic E-state index is 3.50. The third kappa shape index (κ3) is 7.41. The standard InChI is InChI=1S/C17H35N/c1-3-4-5-6-7-8-9-12-16-13-10-11-14-17(15-16)18-2/h16-18H,3-15H2,1-2H3. The quantitative estimate of drug-likeness (QED) is 0.434. The normalized spacial score (nSPS) is 25.0. The van der Waals surface area contributed by atoms with Crippen molar-refractivity contribution >= 4 is 0 Å². The Morgan fingerprint density at radius 1 is 0.889 bits per heavy atom. The van der Waals surface area contributed by atoms with Crippen LogP contribution in [0.5, 0.6) is 0 Å². The highest BCUT2D eigenvalue weighted by molar-refractivity contribution is 4.75. The van der Waals surface area contributed by atoms with E-state index in [1.165, 1.54) is 83.5 Å². The average Bonchev–Trinajstić information content (AvgIpc) is 2.63. The maximum absolute atomic E-state index is 3.50. The molecule has 1 saturated carbocycles. The predicted octanol–water partition coefficient (Wildman–Crippen LogP) is 5.30. The zero-order valence-corrected chi connectivity index (χ0v) is 12.8. The molecule has 0 amide bonds.